The first-order valence-corrected chi connectivity index (χ1v) is 7.22. The van der Waals surface area contributed by atoms with Gasteiger partial charge < -0.3 is 11.1 Å². The predicted octanol–water partition coefficient (Wildman–Crippen LogP) is 2.38. The summed E-state index contributed by atoms with van der Waals surface area (Å²) in [5.41, 5.74) is 8.28. The summed E-state index contributed by atoms with van der Waals surface area (Å²) < 4.78 is 0. The number of nitrogens with one attached hydrogen (secondary N) is 1. The van der Waals surface area contributed by atoms with Crippen LogP contribution in [0.15, 0.2) is 60.8 Å². The van der Waals surface area contributed by atoms with Gasteiger partial charge in [-0.1, -0.05) is 12.1 Å². The molecule has 0 aliphatic heterocycles. The molecule has 0 unspecified atom stereocenters. The van der Waals surface area contributed by atoms with Gasteiger partial charge >= 0.3 is 0 Å². The highest BCUT2D eigenvalue weighted by molar-refractivity contribution is 6.02. The minimum Gasteiger partial charge on any atom is -0.366 e. The first kappa shape index (κ1) is 15.4. The fraction of sp³-hybridized carbons (Fsp3) is 0. The number of para-hydroxylation sites is 2. The Hall–Kier alpha value is -3.54. The molecule has 0 fully saturated rings. The van der Waals surface area contributed by atoms with E-state index in [1.54, 1.807) is 36.5 Å². The highest BCUT2D eigenvalue weighted by Gasteiger charge is 2.02. The number of nitrogens with two attached hydrogens (primary N) is 1. The van der Waals surface area contributed by atoms with Crippen LogP contribution in [0.4, 0.5) is 5.69 Å². The van der Waals surface area contributed by atoms with Gasteiger partial charge in [-0.2, -0.15) is 0 Å². The van der Waals surface area contributed by atoms with Crippen LogP contribution in [-0.2, 0) is 4.79 Å². The Morgan fingerprint density at radius 2 is 1.71 bits per heavy atom. The zero-order valence-electron chi connectivity index (χ0n) is 12.6. The van der Waals surface area contributed by atoms with Crippen molar-refractivity contribution in [1.82, 2.24) is 9.97 Å². The SMILES string of the molecule is NC(=O)c1ccc(NC(=O)/C=C/c2cnc3ccccc3n2)cc1. The lowest BCUT2D eigenvalue weighted by Gasteiger charge is -2.02. The number of rotatable bonds is 4. The Kier molecular flexibility index (Phi) is 4.29. The first-order chi connectivity index (χ1) is 11.6. The standard InChI is InChI=1S/C18H14N4O2/c19-18(24)12-5-7-13(8-6-12)22-17(23)10-9-14-11-20-15-3-1-2-4-16(15)21-14/h1-11H,(H2,19,24)(H,22,23)/b10-9+. The largest absolute Gasteiger partial charge is 0.366 e. The topological polar surface area (TPSA) is 98.0 Å². The summed E-state index contributed by atoms with van der Waals surface area (Å²) in [5.74, 6) is -0.820. The van der Waals surface area contributed by atoms with Crippen molar-refractivity contribution in [2.75, 3.05) is 5.32 Å². The lowest BCUT2D eigenvalue weighted by Crippen LogP contribution is -2.11. The molecule has 2 aromatic carbocycles. The number of anilines is 1. The molecule has 6 nitrogen and oxygen atoms in total. The molecule has 118 valence electrons. The van der Waals surface area contributed by atoms with Crippen molar-refractivity contribution < 1.29 is 9.59 Å². The Morgan fingerprint density at radius 1 is 1.00 bits per heavy atom. The van der Waals surface area contributed by atoms with Gasteiger partial charge in [0, 0.05) is 17.3 Å². The molecule has 1 aromatic heterocycles. The van der Waals surface area contributed by atoms with Gasteiger partial charge in [-0.05, 0) is 42.5 Å². The number of hydrogen-bond acceptors (Lipinski definition) is 4. The summed E-state index contributed by atoms with van der Waals surface area (Å²) in [5, 5.41) is 2.69. The lowest BCUT2D eigenvalue weighted by atomic mass is 10.2. The molecule has 0 aliphatic rings. The van der Waals surface area contributed by atoms with E-state index in [1.807, 2.05) is 24.3 Å². The van der Waals surface area contributed by atoms with Crippen molar-refractivity contribution in [3.05, 3.63) is 72.1 Å². The van der Waals surface area contributed by atoms with Gasteiger partial charge in [0.15, 0.2) is 0 Å². The summed E-state index contributed by atoms with van der Waals surface area (Å²) >= 11 is 0. The van der Waals surface area contributed by atoms with Crippen molar-refractivity contribution in [3.63, 3.8) is 0 Å². The number of benzene rings is 2. The Labute approximate surface area is 138 Å². The molecule has 0 radical (unpaired) electrons. The maximum absolute atomic E-state index is 11.9. The van der Waals surface area contributed by atoms with Crippen LogP contribution in [0, 0.1) is 0 Å². The summed E-state index contributed by atoms with van der Waals surface area (Å²) in [6, 6.07) is 13.8. The van der Waals surface area contributed by atoms with E-state index in [9.17, 15) is 9.59 Å². The second kappa shape index (κ2) is 6.70. The second-order valence-electron chi connectivity index (χ2n) is 5.05. The van der Waals surface area contributed by atoms with E-state index in [4.69, 9.17) is 5.73 Å². The first-order valence-electron chi connectivity index (χ1n) is 7.22. The molecule has 3 aromatic rings. The third-order valence-electron chi connectivity index (χ3n) is 3.31. The van der Waals surface area contributed by atoms with Crippen molar-refractivity contribution in [2.24, 2.45) is 5.73 Å². The van der Waals surface area contributed by atoms with Crippen molar-refractivity contribution in [1.29, 1.82) is 0 Å². The summed E-state index contributed by atoms with van der Waals surface area (Å²) in [4.78, 5) is 31.6. The minimum atomic E-state index is -0.511. The van der Waals surface area contributed by atoms with E-state index in [1.165, 1.54) is 6.08 Å². The molecule has 0 atom stereocenters. The van der Waals surface area contributed by atoms with E-state index < -0.39 is 5.91 Å². The molecule has 24 heavy (non-hydrogen) atoms. The summed E-state index contributed by atoms with van der Waals surface area (Å²) in [6.45, 7) is 0. The second-order valence-corrected chi connectivity index (χ2v) is 5.05. The third-order valence-corrected chi connectivity index (χ3v) is 3.31. The Bertz CT molecular complexity index is 933. The van der Waals surface area contributed by atoms with Crippen LogP contribution in [0.25, 0.3) is 17.1 Å². The number of carbonyl (C=O) groups is 2. The van der Waals surface area contributed by atoms with Crippen molar-refractivity contribution in [2.45, 2.75) is 0 Å². The van der Waals surface area contributed by atoms with Crippen LogP contribution in [0.3, 0.4) is 0 Å². The van der Waals surface area contributed by atoms with E-state index in [-0.39, 0.29) is 5.91 Å². The molecule has 3 rings (SSSR count). The zero-order chi connectivity index (χ0) is 16.9. The predicted molar refractivity (Wildman–Crippen MR) is 92.2 cm³/mol. The number of fused-ring (bicyclic) bond motifs is 1. The normalized spacial score (nSPS) is 10.8. The molecular weight excluding hydrogens is 304 g/mol. The summed E-state index contributed by atoms with van der Waals surface area (Å²) in [6.07, 6.45) is 4.57. The highest BCUT2D eigenvalue weighted by atomic mass is 16.1. The maximum Gasteiger partial charge on any atom is 0.248 e. The average Bonchev–Trinajstić information content (AvgIpc) is 2.60. The number of primary amides is 1. The lowest BCUT2D eigenvalue weighted by molar-refractivity contribution is -0.111. The molecule has 2 amide bonds. The molecule has 0 spiro atoms. The van der Waals surface area contributed by atoms with Crippen molar-refractivity contribution in [3.8, 4) is 0 Å². The van der Waals surface area contributed by atoms with Gasteiger partial charge in [-0.25, -0.2) is 4.98 Å². The van der Waals surface area contributed by atoms with Gasteiger partial charge in [0.2, 0.25) is 11.8 Å². The van der Waals surface area contributed by atoms with E-state index in [0.717, 1.165) is 11.0 Å². The van der Waals surface area contributed by atoms with Gasteiger partial charge in [-0.3, -0.25) is 14.6 Å². The number of amides is 2. The van der Waals surface area contributed by atoms with E-state index >= 15 is 0 Å². The zero-order valence-corrected chi connectivity index (χ0v) is 12.6. The van der Waals surface area contributed by atoms with Gasteiger partial charge in [0.1, 0.15) is 0 Å². The smallest absolute Gasteiger partial charge is 0.248 e. The van der Waals surface area contributed by atoms with Crippen LogP contribution in [0.5, 0.6) is 0 Å². The molecule has 0 bridgehead atoms. The summed E-state index contributed by atoms with van der Waals surface area (Å²) in [7, 11) is 0. The van der Waals surface area contributed by atoms with Gasteiger partial charge in [0.25, 0.3) is 0 Å². The fourth-order valence-electron chi connectivity index (χ4n) is 2.11. The van der Waals surface area contributed by atoms with Crippen LogP contribution >= 0.6 is 0 Å². The number of aromatic nitrogens is 2. The number of carbonyl (C=O) groups excluding carboxylic acids is 2. The molecule has 0 saturated heterocycles. The molecule has 0 aliphatic carbocycles. The van der Waals surface area contributed by atoms with E-state index in [2.05, 4.69) is 15.3 Å². The van der Waals surface area contributed by atoms with Crippen molar-refractivity contribution >= 4 is 34.6 Å². The Balaban J connectivity index is 1.68. The van der Waals surface area contributed by atoms with Gasteiger partial charge in [-0.15, -0.1) is 0 Å². The van der Waals surface area contributed by atoms with E-state index in [0.29, 0.717) is 16.9 Å². The quantitative estimate of drug-likeness (QED) is 0.722. The maximum atomic E-state index is 11.9. The fourth-order valence-corrected chi connectivity index (χ4v) is 2.11. The monoisotopic (exact) mass is 318 g/mol. The molecule has 6 heteroatoms. The molecular formula is C18H14N4O2. The molecule has 1 heterocycles. The highest BCUT2D eigenvalue weighted by Crippen LogP contribution is 2.11. The number of hydrogen-bond donors (Lipinski definition) is 2. The van der Waals surface area contributed by atoms with Crippen LogP contribution in [-0.4, -0.2) is 21.8 Å². The van der Waals surface area contributed by atoms with Crippen LogP contribution in [0.2, 0.25) is 0 Å². The Morgan fingerprint density at radius 3 is 2.42 bits per heavy atom. The molecule has 0 saturated carbocycles. The minimum absolute atomic E-state index is 0.309. The third kappa shape index (κ3) is 3.61. The average molecular weight is 318 g/mol. The van der Waals surface area contributed by atoms with Gasteiger partial charge in [0.05, 0.1) is 22.9 Å². The van der Waals surface area contributed by atoms with Crippen LogP contribution < -0.4 is 11.1 Å². The number of nitrogens with zero attached hydrogens (tertiary/aromatic N) is 2. The van der Waals surface area contributed by atoms with Crippen LogP contribution in [0.1, 0.15) is 16.1 Å². The molecule has 3 N–H and O–H groups in total.